The molecule has 0 radical (unpaired) electrons. The van der Waals surface area contributed by atoms with E-state index in [1.807, 2.05) is 35.6 Å². The largest absolute Gasteiger partial charge is 0.339 e. The molecule has 0 bridgehead atoms. The number of aromatic nitrogens is 11. The second kappa shape index (κ2) is 10.4. The first-order valence-corrected chi connectivity index (χ1v) is 15.5. The Labute approximate surface area is 262 Å². The van der Waals surface area contributed by atoms with Gasteiger partial charge in [0, 0.05) is 66.7 Å². The number of aryl methyl sites for hydroxylation is 2. The summed E-state index contributed by atoms with van der Waals surface area (Å²) in [5, 5.41) is 33.0. The highest BCUT2D eigenvalue weighted by Gasteiger charge is 2.29. The smallest absolute Gasteiger partial charge is 0.201 e. The van der Waals surface area contributed by atoms with Gasteiger partial charge in [-0.05, 0) is 74.2 Å². The molecule has 10 rings (SSSR count). The first kappa shape index (κ1) is 26.5. The van der Waals surface area contributed by atoms with Crippen LogP contribution in [0.1, 0.15) is 48.9 Å². The summed E-state index contributed by atoms with van der Waals surface area (Å²) in [5.74, 6) is 2.78. The van der Waals surface area contributed by atoms with E-state index in [1.54, 1.807) is 18.6 Å². The van der Waals surface area contributed by atoms with E-state index >= 15 is 0 Å². The van der Waals surface area contributed by atoms with Crippen LogP contribution in [0.2, 0.25) is 0 Å². The molecule has 13 nitrogen and oxygen atoms in total. The molecule has 0 saturated heterocycles. The molecule has 0 spiro atoms. The Hall–Kier alpha value is -5.85. The van der Waals surface area contributed by atoms with Crippen molar-refractivity contribution in [3.63, 3.8) is 0 Å². The lowest BCUT2D eigenvalue weighted by Gasteiger charge is -2.04. The topological polar surface area (TPSA) is 156 Å². The van der Waals surface area contributed by atoms with Crippen molar-refractivity contribution in [1.82, 2.24) is 54.9 Å². The third kappa shape index (κ3) is 4.67. The van der Waals surface area contributed by atoms with Gasteiger partial charge in [0.15, 0.2) is 17.2 Å². The zero-order chi connectivity index (χ0) is 30.8. The zero-order valence-corrected chi connectivity index (χ0v) is 25.4. The zero-order valence-electron chi connectivity index (χ0n) is 25.4. The van der Waals surface area contributed by atoms with Crippen LogP contribution in [0, 0.1) is 0 Å². The summed E-state index contributed by atoms with van der Waals surface area (Å²) in [4.78, 5) is 12.9. The normalized spacial score (nSPS) is 14.7. The second-order valence-corrected chi connectivity index (χ2v) is 12.1. The van der Waals surface area contributed by atoms with Crippen molar-refractivity contribution in [3.05, 3.63) is 78.5 Å². The summed E-state index contributed by atoms with van der Waals surface area (Å²) in [6.07, 6.45) is 10.1. The molecule has 2 fully saturated rings. The molecule has 2 aliphatic carbocycles. The van der Waals surface area contributed by atoms with Gasteiger partial charge in [0.2, 0.25) is 5.65 Å². The summed E-state index contributed by atoms with van der Waals surface area (Å²) in [6, 6.07) is 16.5. The van der Waals surface area contributed by atoms with Crippen LogP contribution < -0.4 is 10.6 Å². The van der Waals surface area contributed by atoms with Gasteiger partial charge in [-0.25, -0.2) is 9.97 Å². The molecule has 46 heavy (non-hydrogen) atoms. The third-order valence-electron chi connectivity index (χ3n) is 8.73. The first-order valence-electron chi connectivity index (χ1n) is 15.5. The number of rotatable bonds is 6. The average Bonchev–Trinajstić information content (AvgIpc) is 3.99. The monoisotopic (exact) mass is 609 g/mol. The summed E-state index contributed by atoms with van der Waals surface area (Å²) in [5.41, 5.74) is 9.80. The van der Waals surface area contributed by atoms with Gasteiger partial charge in [-0.2, -0.15) is 20.4 Å². The lowest BCUT2D eigenvalue weighted by molar-refractivity contribution is 0.767. The van der Waals surface area contributed by atoms with Gasteiger partial charge in [0.05, 0.1) is 27.9 Å². The van der Waals surface area contributed by atoms with Gasteiger partial charge >= 0.3 is 0 Å². The van der Waals surface area contributed by atoms with E-state index < -0.39 is 0 Å². The maximum Gasteiger partial charge on any atom is 0.201 e. The molecular formula is C33H31N13. The Morgan fingerprint density at radius 2 is 1.30 bits per heavy atom. The van der Waals surface area contributed by atoms with E-state index in [4.69, 9.17) is 5.10 Å². The fourth-order valence-corrected chi connectivity index (χ4v) is 6.10. The van der Waals surface area contributed by atoms with E-state index in [0.29, 0.717) is 17.5 Å². The number of hydrogen-bond acceptors (Lipinski definition) is 9. The highest BCUT2D eigenvalue weighted by Crippen LogP contribution is 2.43. The van der Waals surface area contributed by atoms with Gasteiger partial charge in [-0.15, -0.1) is 0 Å². The number of hydrogen-bond donors (Lipinski definition) is 4. The SMILES string of the molecule is Cn1nc(C2CC2)c2ccc(Nc3[nH]nc4nccnc34)cc21.Cn1nc(C2CC2)c2ccc(Nc3n[nH]c4cccnc34)cc21. The molecule has 6 aromatic heterocycles. The van der Waals surface area contributed by atoms with Crippen molar-refractivity contribution in [3.8, 4) is 0 Å². The molecule has 2 saturated carbocycles. The van der Waals surface area contributed by atoms with Gasteiger partial charge < -0.3 is 10.6 Å². The van der Waals surface area contributed by atoms with E-state index in [0.717, 1.165) is 50.6 Å². The van der Waals surface area contributed by atoms with Crippen LogP contribution in [-0.4, -0.2) is 54.9 Å². The van der Waals surface area contributed by atoms with E-state index in [1.165, 1.54) is 47.8 Å². The summed E-state index contributed by atoms with van der Waals surface area (Å²) in [6.45, 7) is 0. The van der Waals surface area contributed by atoms with Crippen LogP contribution in [0.5, 0.6) is 0 Å². The minimum atomic E-state index is 0.604. The number of anilines is 4. The molecule has 4 N–H and O–H groups in total. The minimum absolute atomic E-state index is 0.604. The lowest BCUT2D eigenvalue weighted by Crippen LogP contribution is -1.94. The number of pyridine rings is 1. The molecular weight excluding hydrogens is 578 g/mol. The number of benzene rings is 2. The lowest BCUT2D eigenvalue weighted by atomic mass is 10.1. The predicted molar refractivity (Wildman–Crippen MR) is 178 cm³/mol. The maximum absolute atomic E-state index is 4.69. The van der Waals surface area contributed by atoms with E-state index in [9.17, 15) is 0 Å². The molecule has 2 aliphatic rings. The Morgan fingerprint density at radius 3 is 1.98 bits per heavy atom. The summed E-state index contributed by atoms with van der Waals surface area (Å²) >= 11 is 0. The molecule has 6 heterocycles. The first-order chi connectivity index (χ1) is 22.6. The van der Waals surface area contributed by atoms with Gasteiger partial charge in [0.25, 0.3) is 0 Å². The van der Waals surface area contributed by atoms with Gasteiger partial charge in [-0.1, -0.05) is 0 Å². The Morgan fingerprint density at radius 1 is 0.674 bits per heavy atom. The quantitative estimate of drug-likeness (QED) is 0.169. The molecule has 0 unspecified atom stereocenters. The van der Waals surface area contributed by atoms with Crippen molar-refractivity contribution in [1.29, 1.82) is 0 Å². The van der Waals surface area contributed by atoms with Crippen LogP contribution >= 0.6 is 0 Å². The van der Waals surface area contributed by atoms with Crippen LogP contribution in [0.25, 0.3) is 44.0 Å². The molecule has 2 aromatic carbocycles. The molecule has 0 aliphatic heterocycles. The molecule has 13 heteroatoms. The standard InChI is InChI=1S/C17H16N6.C16H15N7/c1-23-14-9-11(6-7-12(14)15(22-23)10-4-5-10)19-17-16-13(20-21-17)3-2-8-18-16;1-23-12-8-10(4-5-11(12)13(22-23)9-2-3-9)19-16-14-15(20-21-16)18-7-6-17-14/h2-3,6-10H,4-5H2,1H3,(H2,19,20,21);4-9H,2-3H2,1H3,(H2,18,19,20,21). The Bertz CT molecular complexity index is 2220. The second-order valence-electron chi connectivity index (χ2n) is 12.1. The third-order valence-corrected chi connectivity index (χ3v) is 8.73. The van der Waals surface area contributed by atoms with Crippen LogP contribution in [0.4, 0.5) is 23.0 Å². The highest BCUT2D eigenvalue weighted by atomic mass is 15.3. The number of H-pyrrole nitrogens is 2. The summed E-state index contributed by atoms with van der Waals surface area (Å²) < 4.78 is 3.92. The Balaban J connectivity index is 0.000000127. The van der Waals surface area contributed by atoms with E-state index in [-0.39, 0.29) is 0 Å². The van der Waals surface area contributed by atoms with Crippen LogP contribution in [-0.2, 0) is 14.1 Å². The number of fused-ring (bicyclic) bond motifs is 4. The van der Waals surface area contributed by atoms with E-state index in [2.05, 4.69) is 87.5 Å². The fraction of sp³-hybridized carbons (Fsp3) is 0.242. The molecule has 228 valence electrons. The van der Waals surface area contributed by atoms with Crippen LogP contribution in [0.15, 0.2) is 67.1 Å². The van der Waals surface area contributed by atoms with Crippen molar-refractivity contribution < 1.29 is 0 Å². The van der Waals surface area contributed by atoms with Crippen molar-refractivity contribution in [2.75, 3.05) is 10.6 Å². The number of nitrogens with zero attached hydrogens (tertiary/aromatic N) is 9. The number of aromatic amines is 2. The van der Waals surface area contributed by atoms with Crippen LogP contribution in [0.3, 0.4) is 0 Å². The fourth-order valence-electron chi connectivity index (χ4n) is 6.10. The minimum Gasteiger partial charge on any atom is -0.339 e. The molecule has 8 aromatic rings. The maximum atomic E-state index is 4.69. The highest BCUT2D eigenvalue weighted by molar-refractivity contribution is 5.91. The molecule has 0 atom stereocenters. The number of nitrogens with one attached hydrogen (secondary N) is 4. The van der Waals surface area contributed by atoms with Gasteiger partial charge in [0.1, 0.15) is 5.52 Å². The molecule has 0 amide bonds. The average molecular weight is 610 g/mol. The van der Waals surface area contributed by atoms with Crippen molar-refractivity contribution in [2.45, 2.75) is 37.5 Å². The predicted octanol–water partition coefficient (Wildman–Crippen LogP) is 6.33. The Kier molecular flexibility index (Phi) is 5.98. The van der Waals surface area contributed by atoms with Crippen molar-refractivity contribution >= 4 is 67.0 Å². The summed E-state index contributed by atoms with van der Waals surface area (Å²) in [7, 11) is 4.00. The van der Waals surface area contributed by atoms with Gasteiger partial charge in [-0.3, -0.25) is 24.5 Å². The van der Waals surface area contributed by atoms with Crippen molar-refractivity contribution in [2.24, 2.45) is 14.1 Å².